The van der Waals surface area contributed by atoms with Gasteiger partial charge < -0.3 is 4.52 Å². The fraction of sp³-hybridized carbons (Fsp3) is 0.833. The van der Waals surface area contributed by atoms with Gasteiger partial charge in [-0.1, -0.05) is 19.0 Å². The number of aryl methyl sites for hydroxylation is 1. The Hall–Kier alpha value is -0.570. The van der Waals surface area contributed by atoms with E-state index >= 15 is 0 Å². The van der Waals surface area contributed by atoms with Crippen molar-refractivity contribution in [3.63, 3.8) is 0 Å². The number of nitrogens with zero attached hydrogens (tertiary/aromatic N) is 2. The molecule has 0 radical (unpaired) electrons. The maximum atomic E-state index is 5.64. The summed E-state index contributed by atoms with van der Waals surface area (Å²) < 4.78 is 5.16. The zero-order valence-corrected chi connectivity index (χ0v) is 10.8. The van der Waals surface area contributed by atoms with Gasteiger partial charge in [-0.3, -0.25) is 0 Å². The summed E-state index contributed by atoms with van der Waals surface area (Å²) in [5.41, 5.74) is 0.485. The van der Waals surface area contributed by atoms with E-state index in [1.807, 2.05) is 0 Å². The second-order valence-corrected chi connectivity index (χ2v) is 5.80. The first-order valence-electron chi connectivity index (χ1n) is 5.99. The van der Waals surface area contributed by atoms with E-state index in [0.29, 0.717) is 29.5 Å². The standard InChI is InChI=1S/C12H19ClN2O/c1-12(2)6-3-9(4-7-12)11-14-10(5-8-13)16-15-11/h9H,3-8H2,1-2H3. The van der Waals surface area contributed by atoms with Gasteiger partial charge in [0.05, 0.1) is 0 Å². The highest BCUT2D eigenvalue weighted by Crippen LogP contribution is 2.41. The first kappa shape index (κ1) is 11.9. The molecule has 1 aromatic rings. The molecule has 1 fully saturated rings. The highest BCUT2D eigenvalue weighted by Gasteiger charge is 2.29. The van der Waals surface area contributed by atoms with Crippen molar-refractivity contribution in [3.05, 3.63) is 11.7 Å². The molecule has 0 unspecified atom stereocenters. The van der Waals surface area contributed by atoms with E-state index in [1.54, 1.807) is 0 Å². The molecule has 0 bridgehead atoms. The second kappa shape index (κ2) is 4.74. The fourth-order valence-electron chi connectivity index (χ4n) is 2.27. The van der Waals surface area contributed by atoms with Crippen molar-refractivity contribution >= 4 is 11.6 Å². The van der Waals surface area contributed by atoms with E-state index in [0.717, 1.165) is 5.82 Å². The Kier molecular flexibility index (Phi) is 3.53. The smallest absolute Gasteiger partial charge is 0.227 e. The lowest BCUT2D eigenvalue weighted by Gasteiger charge is -2.32. The normalized spacial score (nSPS) is 21.2. The number of hydrogen-bond donors (Lipinski definition) is 0. The SMILES string of the molecule is CC1(C)CCC(c2noc(CCCl)n2)CC1. The molecule has 1 heterocycles. The molecule has 0 aliphatic heterocycles. The number of aromatic nitrogens is 2. The van der Waals surface area contributed by atoms with Gasteiger partial charge in [-0.15, -0.1) is 11.6 Å². The summed E-state index contributed by atoms with van der Waals surface area (Å²) in [6, 6.07) is 0. The summed E-state index contributed by atoms with van der Waals surface area (Å²) in [5.74, 6) is 2.59. The maximum absolute atomic E-state index is 5.64. The van der Waals surface area contributed by atoms with Crippen LogP contribution in [0.5, 0.6) is 0 Å². The average Bonchev–Trinajstić information content (AvgIpc) is 2.67. The average molecular weight is 243 g/mol. The van der Waals surface area contributed by atoms with Crippen LogP contribution in [0.4, 0.5) is 0 Å². The minimum atomic E-state index is 0.485. The highest BCUT2D eigenvalue weighted by molar-refractivity contribution is 6.17. The van der Waals surface area contributed by atoms with Gasteiger partial charge in [0, 0.05) is 18.2 Å². The Bertz CT molecular complexity index is 339. The van der Waals surface area contributed by atoms with Crippen molar-refractivity contribution < 1.29 is 4.52 Å². The van der Waals surface area contributed by atoms with Gasteiger partial charge in [-0.2, -0.15) is 4.98 Å². The molecule has 0 atom stereocenters. The third-order valence-electron chi connectivity index (χ3n) is 3.50. The molecule has 0 spiro atoms. The molecule has 0 N–H and O–H groups in total. The van der Waals surface area contributed by atoms with E-state index in [2.05, 4.69) is 24.0 Å². The first-order valence-corrected chi connectivity index (χ1v) is 6.53. The molecule has 16 heavy (non-hydrogen) atoms. The number of alkyl halides is 1. The molecule has 90 valence electrons. The summed E-state index contributed by atoms with van der Waals surface area (Å²) in [6.07, 6.45) is 5.51. The van der Waals surface area contributed by atoms with Crippen LogP contribution < -0.4 is 0 Å². The molecule has 0 saturated heterocycles. The van der Waals surface area contributed by atoms with Crippen molar-refractivity contribution in [2.24, 2.45) is 5.41 Å². The van der Waals surface area contributed by atoms with Crippen LogP contribution >= 0.6 is 11.6 Å². The van der Waals surface area contributed by atoms with Gasteiger partial charge in [-0.05, 0) is 31.1 Å². The summed E-state index contributed by atoms with van der Waals surface area (Å²) in [5, 5.41) is 4.06. The van der Waals surface area contributed by atoms with E-state index in [1.165, 1.54) is 25.7 Å². The highest BCUT2D eigenvalue weighted by atomic mass is 35.5. The molecular formula is C12H19ClN2O. The Morgan fingerprint density at radius 3 is 2.69 bits per heavy atom. The van der Waals surface area contributed by atoms with Crippen LogP contribution in [0.2, 0.25) is 0 Å². The number of rotatable bonds is 3. The van der Waals surface area contributed by atoms with Crippen LogP contribution in [0, 0.1) is 5.41 Å². The fourth-order valence-corrected chi connectivity index (χ4v) is 2.44. The summed E-state index contributed by atoms with van der Waals surface area (Å²) in [4.78, 5) is 4.41. The zero-order chi connectivity index (χ0) is 11.6. The molecule has 0 amide bonds. The van der Waals surface area contributed by atoms with Crippen LogP contribution in [0.15, 0.2) is 4.52 Å². The lowest BCUT2D eigenvalue weighted by molar-refractivity contribution is 0.218. The largest absolute Gasteiger partial charge is 0.339 e. The topological polar surface area (TPSA) is 38.9 Å². The van der Waals surface area contributed by atoms with E-state index in [-0.39, 0.29) is 0 Å². The number of hydrogen-bond acceptors (Lipinski definition) is 3. The van der Waals surface area contributed by atoms with Crippen molar-refractivity contribution in [1.29, 1.82) is 0 Å². The monoisotopic (exact) mass is 242 g/mol. The van der Waals surface area contributed by atoms with Crippen LogP contribution in [0.1, 0.15) is 57.2 Å². The molecule has 1 aliphatic rings. The molecule has 4 heteroatoms. The zero-order valence-electron chi connectivity index (χ0n) is 10.0. The van der Waals surface area contributed by atoms with Crippen molar-refractivity contribution in [2.45, 2.75) is 51.9 Å². The van der Waals surface area contributed by atoms with Crippen molar-refractivity contribution in [3.8, 4) is 0 Å². The minimum absolute atomic E-state index is 0.485. The van der Waals surface area contributed by atoms with Crippen molar-refractivity contribution in [1.82, 2.24) is 10.1 Å². The van der Waals surface area contributed by atoms with E-state index in [9.17, 15) is 0 Å². The first-order chi connectivity index (χ1) is 7.61. The van der Waals surface area contributed by atoms with E-state index in [4.69, 9.17) is 16.1 Å². The summed E-state index contributed by atoms with van der Waals surface area (Å²) >= 11 is 5.64. The van der Waals surface area contributed by atoms with Gasteiger partial charge in [0.25, 0.3) is 0 Å². The van der Waals surface area contributed by atoms with Crippen LogP contribution in [0.25, 0.3) is 0 Å². The van der Waals surface area contributed by atoms with Gasteiger partial charge in [0.2, 0.25) is 5.89 Å². The molecular weight excluding hydrogens is 224 g/mol. The number of halogens is 1. The molecule has 2 rings (SSSR count). The minimum Gasteiger partial charge on any atom is -0.339 e. The summed E-state index contributed by atoms with van der Waals surface area (Å²) in [6.45, 7) is 4.66. The van der Waals surface area contributed by atoms with Crippen LogP contribution in [-0.4, -0.2) is 16.0 Å². The molecule has 1 aromatic heterocycles. The Balaban J connectivity index is 1.97. The van der Waals surface area contributed by atoms with Gasteiger partial charge >= 0.3 is 0 Å². The molecule has 1 aliphatic carbocycles. The van der Waals surface area contributed by atoms with E-state index < -0.39 is 0 Å². The molecule has 3 nitrogen and oxygen atoms in total. The third-order valence-corrected chi connectivity index (χ3v) is 3.69. The second-order valence-electron chi connectivity index (χ2n) is 5.42. The lowest BCUT2D eigenvalue weighted by atomic mass is 9.73. The van der Waals surface area contributed by atoms with Crippen LogP contribution in [-0.2, 0) is 6.42 Å². The maximum Gasteiger partial charge on any atom is 0.227 e. The Morgan fingerprint density at radius 2 is 2.06 bits per heavy atom. The quantitative estimate of drug-likeness (QED) is 0.761. The van der Waals surface area contributed by atoms with Gasteiger partial charge in [0.1, 0.15) is 0 Å². The summed E-state index contributed by atoms with van der Waals surface area (Å²) in [7, 11) is 0. The van der Waals surface area contributed by atoms with Gasteiger partial charge in [0.15, 0.2) is 5.82 Å². The molecule has 0 aromatic carbocycles. The Morgan fingerprint density at radius 1 is 1.38 bits per heavy atom. The molecule has 1 saturated carbocycles. The van der Waals surface area contributed by atoms with Crippen molar-refractivity contribution in [2.75, 3.05) is 5.88 Å². The lowest BCUT2D eigenvalue weighted by Crippen LogP contribution is -2.20. The predicted octanol–water partition coefficient (Wildman–Crippen LogP) is 3.53. The third kappa shape index (κ3) is 2.76. The van der Waals surface area contributed by atoms with Gasteiger partial charge in [-0.25, -0.2) is 0 Å². The van der Waals surface area contributed by atoms with Crippen LogP contribution in [0.3, 0.4) is 0 Å². The Labute approximate surface area is 102 Å². The predicted molar refractivity (Wildman–Crippen MR) is 63.7 cm³/mol.